The van der Waals surface area contributed by atoms with Crippen LogP contribution in [-0.4, -0.2) is 85.9 Å². The Morgan fingerprint density at radius 2 is 1.56 bits per heavy atom. The number of phenols is 1. The molecule has 1 aliphatic heterocycles. The molecule has 1 heterocycles. The van der Waals surface area contributed by atoms with Gasteiger partial charge in [-0.3, -0.25) is 9.80 Å². The Morgan fingerprint density at radius 3 is 2.18 bits per heavy atom. The van der Waals surface area contributed by atoms with E-state index in [9.17, 15) is 10.2 Å². The molecule has 0 saturated carbocycles. The summed E-state index contributed by atoms with van der Waals surface area (Å²) in [4.78, 5) is 5.85. The number of methoxy groups -OCH3 is 3. The molecule has 2 aromatic carbocycles. The number of hydrogen-bond acceptors (Lipinski definition) is 8. The Hall–Kier alpha value is -2.13. The lowest BCUT2D eigenvalue weighted by atomic mass is 10.1. The van der Waals surface area contributed by atoms with Crippen molar-refractivity contribution in [3.63, 3.8) is 0 Å². The molecule has 1 saturated heterocycles. The maximum absolute atomic E-state index is 10.7. The van der Waals surface area contributed by atoms with Crippen LogP contribution < -0.4 is 14.2 Å². The monoisotopic (exact) mass is 490 g/mol. The summed E-state index contributed by atoms with van der Waals surface area (Å²) in [5.74, 6) is 2.99. The number of aliphatic hydroxyl groups excluding tert-OH is 1. The predicted octanol–water partition coefficient (Wildman–Crippen LogP) is 3.61. The molecule has 3 rings (SSSR count). The van der Waals surface area contributed by atoms with Gasteiger partial charge in [0.15, 0.2) is 11.5 Å². The fourth-order valence-corrected chi connectivity index (χ4v) is 5.48. The van der Waals surface area contributed by atoms with Crippen LogP contribution in [0.25, 0.3) is 0 Å². The van der Waals surface area contributed by atoms with E-state index in [2.05, 4.69) is 9.80 Å². The van der Waals surface area contributed by atoms with Crippen LogP contribution in [0.4, 0.5) is 0 Å². The number of β-amino-alcohol motifs (C(OH)–C–C–N with tert-alkyl or cyclic N) is 1. The van der Waals surface area contributed by atoms with Gasteiger partial charge >= 0.3 is 0 Å². The zero-order valence-corrected chi connectivity index (χ0v) is 22.0. The number of phenolic OH excluding ortho intramolecular Hbond substituents is 1. The first-order valence-electron chi connectivity index (χ1n) is 11.6. The summed E-state index contributed by atoms with van der Waals surface area (Å²) in [5, 5.41) is 20.8. The van der Waals surface area contributed by atoms with Gasteiger partial charge in [0.1, 0.15) is 5.75 Å². The third kappa shape index (κ3) is 6.10. The third-order valence-electron chi connectivity index (χ3n) is 6.55. The highest BCUT2D eigenvalue weighted by molar-refractivity contribution is 7.99. The topological polar surface area (TPSA) is 74.6 Å². The standard InChI is InChI=1S/C26H38N2O5S/c1-17-13-23(18(2)19(3)24(17)30)34-16-21(29)15-28-11-9-27(10-12-28)14-20-7-8-22(31-4)26(33-6)25(20)32-5/h7-8,13,21,29-30H,9-12,14-16H2,1-6H3. The molecule has 1 atom stereocenters. The van der Waals surface area contributed by atoms with Gasteiger partial charge in [-0.1, -0.05) is 6.07 Å². The second-order valence-corrected chi connectivity index (χ2v) is 9.89. The molecule has 2 N–H and O–H groups in total. The Bertz CT molecular complexity index is 976. The fourth-order valence-electron chi connectivity index (χ4n) is 4.38. The third-order valence-corrected chi connectivity index (χ3v) is 7.84. The second-order valence-electron chi connectivity index (χ2n) is 8.83. The molecule has 34 heavy (non-hydrogen) atoms. The van der Waals surface area contributed by atoms with Crippen LogP contribution in [0.15, 0.2) is 23.1 Å². The number of benzene rings is 2. The number of ether oxygens (including phenoxy) is 3. The number of aryl methyl sites for hydroxylation is 1. The SMILES string of the molecule is COc1ccc(CN2CCN(CC(O)CSc3cc(C)c(O)c(C)c3C)CC2)c(OC)c1OC. The number of rotatable bonds is 10. The number of aliphatic hydroxyl groups is 1. The maximum atomic E-state index is 10.7. The lowest BCUT2D eigenvalue weighted by Crippen LogP contribution is -2.48. The molecule has 7 nitrogen and oxygen atoms in total. The van der Waals surface area contributed by atoms with E-state index in [1.54, 1.807) is 33.1 Å². The number of thioether (sulfide) groups is 1. The maximum Gasteiger partial charge on any atom is 0.203 e. The minimum Gasteiger partial charge on any atom is -0.507 e. The first-order valence-corrected chi connectivity index (χ1v) is 12.6. The van der Waals surface area contributed by atoms with Gasteiger partial charge in [0.05, 0.1) is 27.4 Å². The zero-order valence-electron chi connectivity index (χ0n) is 21.2. The largest absolute Gasteiger partial charge is 0.507 e. The molecule has 0 amide bonds. The molecule has 0 aromatic heterocycles. The molecule has 0 spiro atoms. The summed E-state index contributed by atoms with van der Waals surface area (Å²) in [6.45, 7) is 11.0. The second kappa shape index (κ2) is 12.0. The summed E-state index contributed by atoms with van der Waals surface area (Å²) in [6.07, 6.45) is -0.406. The van der Waals surface area contributed by atoms with E-state index in [4.69, 9.17) is 14.2 Å². The smallest absolute Gasteiger partial charge is 0.203 e. The predicted molar refractivity (Wildman–Crippen MR) is 137 cm³/mol. The average molecular weight is 491 g/mol. The highest BCUT2D eigenvalue weighted by Crippen LogP contribution is 2.40. The van der Waals surface area contributed by atoms with E-state index in [1.807, 2.05) is 39.0 Å². The van der Waals surface area contributed by atoms with E-state index >= 15 is 0 Å². The van der Waals surface area contributed by atoms with Gasteiger partial charge < -0.3 is 24.4 Å². The van der Waals surface area contributed by atoms with Crippen LogP contribution in [0.3, 0.4) is 0 Å². The number of nitrogens with zero attached hydrogens (tertiary/aromatic N) is 2. The molecule has 1 unspecified atom stereocenters. The molecular weight excluding hydrogens is 452 g/mol. The van der Waals surface area contributed by atoms with E-state index < -0.39 is 6.10 Å². The summed E-state index contributed by atoms with van der Waals surface area (Å²) < 4.78 is 16.5. The quantitative estimate of drug-likeness (QED) is 0.490. The van der Waals surface area contributed by atoms with Gasteiger partial charge in [0.25, 0.3) is 0 Å². The van der Waals surface area contributed by atoms with Gasteiger partial charge in [0, 0.05) is 55.5 Å². The zero-order chi connectivity index (χ0) is 24.8. The summed E-state index contributed by atoms with van der Waals surface area (Å²) >= 11 is 1.66. The molecule has 8 heteroatoms. The van der Waals surface area contributed by atoms with Crippen molar-refractivity contribution in [2.24, 2.45) is 0 Å². The molecule has 0 radical (unpaired) electrons. The molecule has 188 valence electrons. The van der Waals surface area contributed by atoms with Crippen LogP contribution in [0.1, 0.15) is 22.3 Å². The van der Waals surface area contributed by atoms with Crippen LogP contribution >= 0.6 is 11.8 Å². The number of piperazine rings is 1. The van der Waals surface area contributed by atoms with Gasteiger partial charge in [0.2, 0.25) is 5.75 Å². The highest BCUT2D eigenvalue weighted by atomic mass is 32.2. The summed E-state index contributed by atoms with van der Waals surface area (Å²) in [7, 11) is 4.90. The highest BCUT2D eigenvalue weighted by Gasteiger charge is 2.23. The van der Waals surface area contributed by atoms with E-state index in [0.29, 0.717) is 35.3 Å². The van der Waals surface area contributed by atoms with Crippen molar-refractivity contribution in [2.75, 3.05) is 59.8 Å². The molecule has 1 aliphatic rings. The lowest BCUT2D eigenvalue weighted by Gasteiger charge is -2.35. The van der Waals surface area contributed by atoms with E-state index in [-0.39, 0.29) is 0 Å². The molecule has 2 aromatic rings. The van der Waals surface area contributed by atoms with Crippen molar-refractivity contribution in [3.8, 4) is 23.0 Å². The fraction of sp³-hybridized carbons (Fsp3) is 0.538. The average Bonchev–Trinajstić information content (AvgIpc) is 2.84. The minimum absolute atomic E-state index is 0.367. The Labute approximate surface area is 207 Å². The van der Waals surface area contributed by atoms with Crippen molar-refractivity contribution in [1.29, 1.82) is 0 Å². The normalized spacial score (nSPS) is 15.9. The van der Waals surface area contributed by atoms with Crippen LogP contribution in [0, 0.1) is 20.8 Å². The van der Waals surface area contributed by atoms with Crippen molar-refractivity contribution in [3.05, 3.63) is 40.5 Å². The van der Waals surface area contributed by atoms with Gasteiger partial charge in [-0.25, -0.2) is 0 Å². The Balaban J connectivity index is 1.50. The molecular formula is C26H38N2O5S. The summed E-state index contributed by atoms with van der Waals surface area (Å²) in [5.41, 5.74) is 3.95. The van der Waals surface area contributed by atoms with Crippen molar-refractivity contribution < 1.29 is 24.4 Å². The number of hydrogen-bond donors (Lipinski definition) is 2. The first kappa shape index (κ1) is 26.5. The van der Waals surface area contributed by atoms with Crippen LogP contribution in [-0.2, 0) is 6.54 Å². The molecule has 0 bridgehead atoms. The van der Waals surface area contributed by atoms with Gasteiger partial charge in [-0.15, -0.1) is 11.8 Å². The minimum atomic E-state index is -0.406. The van der Waals surface area contributed by atoms with Crippen molar-refractivity contribution in [2.45, 2.75) is 38.3 Å². The molecule has 0 aliphatic carbocycles. The van der Waals surface area contributed by atoms with Crippen LogP contribution in [0.2, 0.25) is 0 Å². The van der Waals surface area contributed by atoms with Gasteiger partial charge in [-0.05, 0) is 49.6 Å². The number of aromatic hydroxyl groups is 1. The van der Waals surface area contributed by atoms with Crippen LogP contribution in [0.5, 0.6) is 23.0 Å². The molecule has 1 fully saturated rings. The Kier molecular flexibility index (Phi) is 9.36. The van der Waals surface area contributed by atoms with E-state index in [0.717, 1.165) is 59.9 Å². The summed E-state index contributed by atoms with van der Waals surface area (Å²) in [6, 6.07) is 5.96. The van der Waals surface area contributed by atoms with Crippen molar-refractivity contribution in [1.82, 2.24) is 9.80 Å². The lowest BCUT2D eigenvalue weighted by molar-refractivity contribution is 0.0795. The van der Waals surface area contributed by atoms with Gasteiger partial charge in [-0.2, -0.15) is 0 Å². The Morgan fingerprint density at radius 1 is 0.912 bits per heavy atom. The first-order chi connectivity index (χ1) is 16.3. The van der Waals surface area contributed by atoms with Crippen molar-refractivity contribution >= 4 is 11.8 Å². The van der Waals surface area contributed by atoms with E-state index in [1.165, 1.54) is 0 Å².